The topological polar surface area (TPSA) is 70.6 Å². The molecule has 168 valence electrons. The van der Waals surface area contributed by atoms with Gasteiger partial charge in [0.05, 0.1) is 5.02 Å². The van der Waals surface area contributed by atoms with Gasteiger partial charge in [0.15, 0.2) is 0 Å². The number of rotatable bonds is 8. The Morgan fingerprint density at radius 3 is 2.94 bits per heavy atom. The van der Waals surface area contributed by atoms with Crippen LogP contribution < -0.4 is 15.0 Å². The third kappa shape index (κ3) is 5.03. The van der Waals surface area contributed by atoms with E-state index in [1.807, 2.05) is 43.3 Å². The molecule has 0 fully saturated rings. The van der Waals surface area contributed by atoms with Gasteiger partial charge >= 0.3 is 0 Å². The lowest BCUT2D eigenvalue weighted by Crippen LogP contribution is -2.33. The van der Waals surface area contributed by atoms with E-state index in [2.05, 4.69) is 26.7 Å². The van der Waals surface area contributed by atoms with Crippen LogP contribution in [0.1, 0.15) is 33.3 Å². The fourth-order valence-electron chi connectivity index (χ4n) is 3.70. The summed E-state index contributed by atoms with van der Waals surface area (Å²) in [5.74, 6) is 1.23. The number of hydrogen-bond donors (Lipinski definition) is 1. The number of benzene rings is 1. The summed E-state index contributed by atoms with van der Waals surface area (Å²) in [7, 11) is 3.86. The van der Waals surface area contributed by atoms with Crippen LogP contribution in [0.3, 0.4) is 0 Å². The van der Waals surface area contributed by atoms with Crippen molar-refractivity contribution in [2.45, 2.75) is 19.1 Å². The molecule has 0 saturated carbocycles. The smallest absolute Gasteiger partial charge is 0.259 e. The molecule has 1 amide bonds. The van der Waals surface area contributed by atoms with Gasteiger partial charge in [-0.1, -0.05) is 23.7 Å². The van der Waals surface area contributed by atoms with Gasteiger partial charge in [-0.15, -0.1) is 11.3 Å². The van der Waals surface area contributed by atoms with Crippen molar-refractivity contribution in [1.82, 2.24) is 20.2 Å². The molecular weight excluding hydrogens is 446 g/mol. The molecule has 1 aliphatic rings. The number of carbonyl (C=O) groups is 1. The minimum atomic E-state index is -0.0776. The second-order valence-electron chi connectivity index (χ2n) is 7.69. The monoisotopic (exact) mass is 471 g/mol. The summed E-state index contributed by atoms with van der Waals surface area (Å²) in [5.41, 5.74) is 1.46. The van der Waals surface area contributed by atoms with Crippen LogP contribution in [-0.2, 0) is 6.54 Å². The molecule has 9 heteroatoms. The Morgan fingerprint density at radius 2 is 2.19 bits per heavy atom. The summed E-state index contributed by atoms with van der Waals surface area (Å²) in [4.78, 5) is 26.3. The molecule has 0 aliphatic carbocycles. The van der Waals surface area contributed by atoms with Gasteiger partial charge in [-0.3, -0.25) is 4.79 Å². The lowest BCUT2D eigenvalue weighted by atomic mass is 10.1. The number of fused-ring (bicyclic) bond motifs is 1. The van der Waals surface area contributed by atoms with E-state index in [1.165, 1.54) is 11.2 Å². The van der Waals surface area contributed by atoms with E-state index in [-0.39, 0.29) is 12.0 Å². The van der Waals surface area contributed by atoms with Gasteiger partial charge in [0, 0.05) is 44.2 Å². The Kier molecular flexibility index (Phi) is 7.24. The largest absolute Gasteiger partial charge is 0.483 e. The molecule has 1 N–H and O–H groups in total. The van der Waals surface area contributed by atoms with Crippen LogP contribution in [0.15, 0.2) is 48.2 Å². The first-order chi connectivity index (χ1) is 15.6. The Balaban J connectivity index is 1.49. The van der Waals surface area contributed by atoms with Crippen molar-refractivity contribution >= 4 is 34.7 Å². The highest BCUT2D eigenvalue weighted by Crippen LogP contribution is 2.33. The summed E-state index contributed by atoms with van der Waals surface area (Å²) in [5, 5.41) is 5.77. The minimum Gasteiger partial charge on any atom is -0.483 e. The number of halogens is 1. The SMILES string of the molecule is CNCC[C@H](Oc1ccc(CN2CCN(C)c3ncncc3C2=O)cc1Cl)c1cccs1. The van der Waals surface area contributed by atoms with Crippen LogP contribution in [0.4, 0.5) is 5.82 Å². The molecule has 3 heterocycles. The van der Waals surface area contributed by atoms with Crippen LogP contribution in [0, 0.1) is 0 Å². The molecule has 0 bridgehead atoms. The maximum Gasteiger partial charge on any atom is 0.259 e. The molecule has 0 unspecified atom stereocenters. The van der Waals surface area contributed by atoms with E-state index in [0.29, 0.717) is 41.8 Å². The minimum absolute atomic E-state index is 0.0648. The second kappa shape index (κ2) is 10.3. The number of nitrogens with one attached hydrogen (secondary N) is 1. The lowest BCUT2D eigenvalue weighted by molar-refractivity contribution is 0.0754. The average molecular weight is 472 g/mol. The number of ether oxygens (including phenoxy) is 1. The van der Waals surface area contributed by atoms with Gasteiger partial charge < -0.3 is 19.9 Å². The molecule has 0 saturated heterocycles. The zero-order valence-electron chi connectivity index (χ0n) is 18.1. The van der Waals surface area contributed by atoms with Crippen molar-refractivity contribution in [2.75, 3.05) is 38.6 Å². The molecule has 1 aliphatic heterocycles. The van der Waals surface area contributed by atoms with Gasteiger partial charge in [-0.2, -0.15) is 0 Å². The third-order valence-electron chi connectivity index (χ3n) is 5.43. The summed E-state index contributed by atoms with van der Waals surface area (Å²) < 4.78 is 6.27. The number of nitrogens with zero attached hydrogens (tertiary/aromatic N) is 4. The van der Waals surface area contributed by atoms with Gasteiger partial charge in [0.2, 0.25) is 0 Å². The van der Waals surface area contributed by atoms with E-state index in [9.17, 15) is 4.79 Å². The molecule has 1 atom stereocenters. The molecule has 3 aromatic rings. The maximum absolute atomic E-state index is 13.1. The predicted octanol–water partition coefficient (Wildman–Crippen LogP) is 4.01. The first kappa shape index (κ1) is 22.5. The fourth-order valence-corrected chi connectivity index (χ4v) is 4.74. The van der Waals surface area contributed by atoms with Crippen LogP contribution >= 0.6 is 22.9 Å². The third-order valence-corrected chi connectivity index (χ3v) is 6.69. The van der Waals surface area contributed by atoms with E-state index in [0.717, 1.165) is 18.5 Å². The van der Waals surface area contributed by atoms with Crippen LogP contribution in [0.5, 0.6) is 5.75 Å². The Bertz CT molecular complexity index is 1060. The Labute approximate surface area is 197 Å². The number of thiophene rings is 1. The number of amides is 1. The number of likely N-dealkylation sites (N-methyl/N-ethyl adjacent to an activating group) is 1. The molecule has 1 aromatic carbocycles. The van der Waals surface area contributed by atoms with Gasteiger partial charge in [0.25, 0.3) is 5.91 Å². The van der Waals surface area contributed by atoms with Crippen molar-refractivity contribution in [3.63, 3.8) is 0 Å². The van der Waals surface area contributed by atoms with Crippen molar-refractivity contribution in [3.05, 3.63) is 69.3 Å². The van der Waals surface area contributed by atoms with Crippen molar-refractivity contribution in [1.29, 1.82) is 0 Å². The molecule has 0 radical (unpaired) electrons. The molecule has 7 nitrogen and oxygen atoms in total. The summed E-state index contributed by atoms with van der Waals surface area (Å²) in [6, 6.07) is 9.85. The standard InChI is InChI=1S/C23H26ClN5O2S/c1-25-8-7-20(21-4-3-11-32-21)31-19-6-5-16(12-18(19)24)14-29-10-9-28(2)22-17(23(29)30)13-26-15-27-22/h3-6,11-13,15,20,25H,7-10,14H2,1-2H3/t20-/m0/s1. The quantitative estimate of drug-likeness (QED) is 0.535. The molecule has 4 rings (SSSR count). The van der Waals surface area contributed by atoms with Gasteiger partial charge in [-0.05, 0) is 42.7 Å². The summed E-state index contributed by atoms with van der Waals surface area (Å²) >= 11 is 8.27. The number of hydrogen-bond acceptors (Lipinski definition) is 7. The first-order valence-corrected chi connectivity index (χ1v) is 11.8. The van der Waals surface area contributed by atoms with Crippen molar-refractivity contribution in [2.24, 2.45) is 0 Å². The highest BCUT2D eigenvalue weighted by Gasteiger charge is 2.26. The Morgan fingerprint density at radius 1 is 1.31 bits per heavy atom. The Hall–Kier alpha value is -2.68. The normalized spacial score (nSPS) is 14.8. The van der Waals surface area contributed by atoms with E-state index in [1.54, 1.807) is 22.4 Å². The second-order valence-corrected chi connectivity index (χ2v) is 9.07. The fraction of sp³-hybridized carbons (Fsp3) is 0.348. The van der Waals surface area contributed by atoms with Crippen molar-refractivity contribution < 1.29 is 9.53 Å². The zero-order chi connectivity index (χ0) is 22.5. The average Bonchev–Trinajstić information content (AvgIpc) is 3.31. The number of aromatic nitrogens is 2. The van der Waals surface area contributed by atoms with Crippen LogP contribution in [0.2, 0.25) is 5.02 Å². The highest BCUT2D eigenvalue weighted by atomic mass is 35.5. The van der Waals surface area contributed by atoms with Gasteiger partial charge in [0.1, 0.15) is 29.6 Å². The molecular formula is C23H26ClN5O2S. The lowest BCUT2D eigenvalue weighted by Gasteiger charge is -2.22. The number of anilines is 1. The van der Waals surface area contributed by atoms with Gasteiger partial charge in [-0.25, -0.2) is 9.97 Å². The number of carbonyl (C=O) groups excluding carboxylic acids is 1. The summed E-state index contributed by atoms with van der Waals surface area (Å²) in [6.07, 6.45) is 3.83. The van der Waals surface area contributed by atoms with Crippen LogP contribution in [0.25, 0.3) is 0 Å². The van der Waals surface area contributed by atoms with Crippen LogP contribution in [-0.4, -0.2) is 54.5 Å². The maximum atomic E-state index is 13.1. The van der Waals surface area contributed by atoms with E-state index >= 15 is 0 Å². The highest BCUT2D eigenvalue weighted by molar-refractivity contribution is 7.10. The molecule has 2 aromatic heterocycles. The zero-order valence-corrected chi connectivity index (χ0v) is 19.7. The van der Waals surface area contributed by atoms with E-state index < -0.39 is 0 Å². The van der Waals surface area contributed by atoms with E-state index in [4.69, 9.17) is 16.3 Å². The predicted molar refractivity (Wildman–Crippen MR) is 128 cm³/mol. The molecule has 32 heavy (non-hydrogen) atoms. The van der Waals surface area contributed by atoms with Crippen molar-refractivity contribution in [3.8, 4) is 5.75 Å². The summed E-state index contributed by atoms with van der Waals surface area (Å²) in [6.45, 7) is 2.58. The molecule has 0 spiro atoms. The first-order valence-electron chi connectivity index (χ1n) is 10.5.